The molecule has 0 aliphatic rings. The summed E-state index contributed by atoms with van der Waals surface area (Å²) in [5.74, 6) is -0.960. The molecule has 6 nitrogen and oxygen atoms in total. The van der Waals surface area contributed by atoms with Crippen LogP contribution in [0.25, 0.3) is 0 Å². The van der Waals surface area contributed by atoms with E-state index in [-0.39, 0.29) is 31.1 Å². The van der Waals surface area contributed by atoms with Crippen molar-refractivity contribution in [3.8, 4) is 0 Å². The van der Waals surface area contributed by atoms with Gasteiger partial charge >= 0.3 is 17.9 Å². The molecule has 0 amide bonds. The highest BCUT2D eigenvalue weighted by atomic mass is 16.6. The van der Waals surface area contributed by atoms with Gasteiger partial charge in [0, 0.05) is 19.3 Å². The number of ether oxygens (including phenoxy) is 3. The van der Waals surface area contributed by atoms with Gasteiger partial charge in [-0.05, 0) is 96.3 Å². The first-order chi connectivity index (χ1) is 28.0. The van der Waals surface area contributed by atoms with Crippen molar-refractivity contribution in [1.82, 2.24) is 0 Å². The van der Waals surface area contributed by atoms with Crippen LogP contribution in [0.15, 0.2) is 60.8 Å². The fourth-order valence-corrected chi connectivity index (χ4v) is 6.40. The lowest BCUT2D eigenvalue weighted by molar-refractivity contribution is -0.167. The second kappa shape index (κ2) is 45.8. The van der Waals surface area contributed by atoms with Crippen molar-refractivity contribution < 1.29 is 28.6 Å². The summed E-state index contributed by atoms with van der Waals surface area (Å²) in [6.45, 7) is 6.42. The molecule has 57 heavy (non-hydrogen) atoms. The highest BCUT2D eigenvalue weighted by molar-refractivity contribution is 5.71. The molecule has 0 aliphatic heterocycles. The Morgan fingerprint density at radius 3 is 1.25 bits per heavy atom. The maximum absolute atomic E-state index is 12.7. The number of allylic oxidation sites excluding steroid dienone is 10. The molecule has 0 N–H and O–H groups in total. The molecular formula is C51H88O6. The molecule has 0 rings (SSSR count). The van der Waals surface area contributed by atoms with E-state index in [0.29, 0.717) is 19.3 Å². The third kappa shape index (κ3) is 44.1. The van der Waals surface area contributed by atoms with E-state index in [4.69, 9.17) is 14.2 Å². The van der Waals surface area contributed by atoms with E-state index < -0.39 is 6.10 Å². The topological polar surface area (TPSA) is 78.9 Å². The quantitative estimate of drug-likeness (QED) is 0.0201. The predicted octanol–water partition coefficient (Wildman–Crippen LogP) is 15.3. The third-order valence-electron chi connectivity index (χ3n) is 10.0. The van der Waals surface area contributed by atoms with Gasteiger partial charge in [-0.25, -0.2) is 0 Å². The van der Waals surface area contributed by atoms with Crippen LogP contribution in [0, 0.1) is 0 Å². The van der Waals surface area contributed by atoms with Gasteiger partial charge in [-0.2, -0.15) is 0 Å². The van der Waals surface area contributed by atoms with Crippen LogP contribution in [0.5, 0.6) is 0 Å². The minimum absolute atomic E-state index is 0.0963. The van der Waals surface area contributed by atoms with Gasteiger partial charge in [0.15, 0.2) is 6.10 Å². The van der Waals surface area contributed by atoms with E-state index >= 15 is 0 Å². The lowest BCUT2D eigenvalue weighted by Gasteiger charge is -2.18. The highest BCUT2D eigenvalue weighted by Crippen LogP contribution is 2.13. The van der Waals surface area contributed by atoms with Crippen molar-refractivity contribution in [2.24, 2.45) is 0 Å². The molecule has 0 bridgehead atoms. The van der Waals surface area contributed by atoms with Crippen molar-refractivity contribution >= 4 is 17.9 Å². The Labute approximate surface area is 351 Å². The zero-order valence-electron chi connectivity index (χ0n) is 37.3. The van der Waals surface area contributed by atoms with Crippen LogP contribution >= 0.6 is 0 Å². The van der Waals surface area contributed by atoms with Gasteiger partial charge in [0.05, 0.1) is 0 Å². The summed E-state index contributed by atoms with van der Waals surface area (Å²) in [5, 5.41) is 0. The highest BCUT2D eigenvalue weighted by Gasteiger charge is 2.19. The average molecular weight is 797 g/mol. The van der Waals surface area contributed by atoms with Crippen LogP contribution in [-0.2, 0) is 28.6 Å². The van der Waals surface area contributed by atoms with Gasteiger partial charge in [0.1, 0.15) is 13.2 Å². The summed E-state index contributed by atoms with van der Waals surface area (Å²) in [4.78, 5) is 37.7. The SMILES string of the molecule is CC/C=C\C/C=C\CCCCC(=O)OCC(COC(=O)CCCCCCC/C=C\C=C/CCCCCCCCC)OC(=O)CCCCCCC/C=C\CCCCC. The fourth-order valence-electron chi connectivity index (χ4n) is 6.40. The normalized spacial score (nSPS) is 12.5. The maximum atomic E-state index is 12.7. The molecule has 0 saturated carbocycles. The maximum Gasteiger partial charge on any atom is 0.306 e. The number of unbranched alkanes of at least 4 members (excludes halogenated alkanes) is 22. The summed E-state index contributed by atoms with van der Waals surface area (Å²) in [7, 11) is 0. The van der Waals surface area contributed by atoms with Gasteiger partial charge in [-0.1, -0.05) is 171 Å². The second-order valence-electron chi connectivity index (χ2n) is 15.7. The van der Waals surface area contributed by atoms with Crippen molar-refractivity contribution in [3.63, 3.8) is 0 Å². The standard InChI is InChI=1S/C51H88O6/c1-4-7-10-13-16-19-21-23-24-25-26-27-28-30-32-35-38-41-44-50(53)56-47-48(46-55-49(52)43-40-37-34-31-18-15-12-9-6-3)57-51(54)45-42-39-36-33-29-22-20-17-14-11-8-5-2/h9,12,17-18,20,24-27,31,48H,4-8,10-11,13-16,19,21-23,28-30,32-47H2,1-3H3/b12-9-,20-17-,25-24-,27-26-,31-18-. The molecule has 0 aromatic rings. The molecule has 0 spiro atoms. The lowest BCUT2D eigenvalue weighted by atomic mass is 10.1. The lowest BCUT2D eigenvalue weighted by Crippen LogP contribution is -2.30. The molecule has 328 valence electrons. The number of rotatable bonds is 42. The molecule has 0 fully saturated rings. The zero-order valence-corrected chi connectivity index (χ0v) is 37.3. The predicted molar refractivity (Wildman–Crippen MR) is 242 cm³/mol. The minimum Gasteiger partial charge on any atom is -0.462 e. The number of hydrogen-bond donors (Lipinski definition) is 0. The number of esters is 3. The second-order valence-corrected chi connectivity index (χ2v) is 15.7. The number of carbonyl (C=O) groups is 3. The molecule has 0 heterocycles. The molecule has 1 atom stereocenters. The summed E-state index contributed by atoms with van der Waals surface area (Å²) in [5.41, 5.74) is 0. The largest absolute Gasteiger partial charge is 0.462 e. The molecule has 0 aromatic carbocycles. The molecule has 0 aromatic heterocycles. The fraction of sp³-hybridized carbons (Fsp3) is 0.745. The Morgan fingerprint density at radius 1 is 0.386 bits per heavy atom. The van der Waals surface area contributed by atoms with E-state index in [9.17, 15) is 14.4 Å². The van der Waals surface area contributed by atoms with Crippen LogP contribution in [0.1, 0.15) is 226 Å². The van der Waals surface area contributed by atoms with Crippen molar-refractivity contribution in [3.05, 3.63) is 60.8 Å². The van der Waals surface area contributed by atoms with Gasteiger partial charge in [0.2, 0.25) is 0 Å². The molecule has 0 radical (unpaired) electrons. The average Bonchev–Trinajstić information content (AvgIpc) is 3.21. The van der Waals surface area contributed by atoms with Crippen molar-refractivity contribution in [2.45, 2.75) is 232 Å². The summed E-state index contributed by atoms with van der Waals surface area (Å²) < 4.78 is 16.6. The summed E-state index contributed by atoms with van der Waals surface area (Å²) >= 11 is 0. The van der Waals surface area contributed by atoms with Crippen LogP contribution in [0.4, 0.5) is 0 Å². The molecule has 1 unspecified atom stereocenters. The molecule has 0 saturated heterocycles. The van der Waals surface area contributed by atoms with E-state index in [1.165, 1.54) is 83.5 Å². The van der Waals surface area contributed by atoms with Gasteiger partial charge in [0.25, 0.3) is 0 Å². The Morgan fingerprint density at radius 2 is 0.737 bits per heavy atom. The molecule has 0 aliphatic carbocycles. The Bertz CT molecular complexity index is 1050. The van der Waals surface area contributed by atoms with E-state index in [0.717, 1.165) is 103 Å². The molecular weight excluding hydrogens is 709 g/mol. The van der Waals surface area contributed by atoms with Gasteiger partial charge in [-0.3, -0.25) is 14.4 Å². The van der Waals surface area contributed by atoms with Crippen LogP contribution < -0.4 is 0 Å². The van der Waals surface area contributed by atoms with Crippen LogP contribution in [-0.4, -0.2) is 37.2 Å². The summed E-state index contributed by atoms with van der Waals surface area (Å²) in [6.07, 6.45) is 55.0. The Balaban J connectivity index is 4.37. The first kappa shape index (κ1) is 54.1. The number of carbonyl (C=O) groups excluding carboxylic acids is 3. The van der Waals surface area contributed by atoms with Crippen molar-refractivity contribution in [2.75, 3.05) is 13.2 Å². The smallest absolute Gasteiger partial charge is 0.306 e. The van der Waals surface area contributed by atoms with E-state index in [1.807, 2.05) is 0 Å². The zero-order chi connectivity index (χ0) is 41.5. The minimum atomic E-state index is -0.795. The third-order valence-corrected chi connectivity index (χ3v) is 10.0. The monoisotopic (exact) mass is 797 g/mol. The van der Waals surface area contributed by atoms with E-state index in [1.54, 1.807) is 0 Å². The number of hydrogen-bond acceptors (Lipinski definition) is 6. The Kier molecular flexibility index (Phi) is 43.5. The first-order valence-corrected chi connectivity index (χ1v) is 23.8. The van der Waals surface area contributed by atoms with Gasteiger partial charge in [-0.15, -0.1) is 0 Å². The van der Waals surface area contributed by atoms with Crippen LogP contribution in [0.2, 0.25) is 0 Å². The van der Waals surface area contributed by atoms with Crippen LogP contribution in [0.3, 0.4) is 0 Å². The first-order valence-electron chi connectivity index (χ1n) is 23.8. The van der Waals surface area contributed by atoms with Crippen molar-refractivity contribution in [1.29, 1.82) is 0 Å². The van der Waals surface area contributed by atoms with E-state index in [2.05, 4.69) is 81.5 Å². The Hall–Kier alpha value is -2.89. The summed E-state index contributed by atoms with van der Waals surface area (Å²) in [6, 6.07) is 0. The molecule has 6 heteroatoms. The van der Waals surface area contributed by atoms with Gasteiger partial charge < -0.3 is 14.2 Å².